The van der Waals surface area contributed by atoms with Gasteiger partial charge in [-0.15, -0.1) is 4.40 Å². The van der Waals surface area contributed by atoms with Crippen LogP contribution in [-0.4, -0.2) is 88.1 Å². The van der Waals surface area contributed by atoms with Crippen LogP contribution in [0.4, 0.5) is 0 Å². The number of carbonyl (C=O) groups is 2. The van der Waals surface area contributed by atoms with E-state index in [1.54, 1.807) is 25.1 Å². The number of likely N-dealkylation sites (tertiary alicyclic amines) is 1. The maximum absolute atomic E-state index is 12.5. The summed E-state index contributed by atoms with van der Waals surface area (Å²) >= 11 is 0. The van der Waals surface area contributed by atoms with E-state index >= 15 is 0 Å². The molecular formula is C21H27N3O7S2. The van der Waals surface area contributed by atoms with Gasteiger partial charge >= 0.3 is 5.97 Å². The lowest BCUT2D eigenvalue weighted by Crippen LogP contribution is -2.44. The summed E-state index contributed by atoms with van der Waals surface area (Å²) in [5.41, 5.74) is 0.567. The Morgan fingerprint density at radius 3 is 2.45 bits per heavy atom. The molecule has 1 atom stereocenters. The first-order valence-electron chi connectivity index (χ1n) is 11.0. The van der Waals surface area contributed by atoms with Crippen molar-refractivity contribution < 1.29 is 31.2 Å². The molecule has 12 heteroatoms. The monoisotopic (exact) mass is 497 g/mol. The van der Waals surface area contributed by atoms with Crippen molar-refractivity contribution in [1.82, 2.24) is 9.80 Å². The molecule has 4 rings (SSSR count). The number of ether oxygens (including phenoxy) is 1. The van der Waals surface area contributed by atoms with Crippen molar-refractivity contribution in [3.8, 4) is 0 Å². The largest absolute Gasteiger partial charge is 0.455 e. The number of hydrogen-bond donors (Lipinski definition) is 0. The van der Waals surface area contributed by atoms with Crippen LogP contribution in [-0.2, 0) is 34.2 Å². The van der Waals surface area contributed by atoms with Gasteiger partial charge in [0, 0.05) is 31.2 Å². The van der Waals surface area contributed by atoms with Gasteiger partial charge in [0.05, 0.1) is 17.4 Å². The first kappa shape index (κ1) is 23.7. The zero-order chi connectivity index (χ0) is 23.8. The van der Waals surface area contributed by atoms with Crippen molar-refractivity contribution in [3.63, 3.8) is 0 Å². The molecule has 0 radical (unpaired) electrons. The second-order valence-electron chi connectivity index (χ2n) is 8.49. The van der Waals surface area contributed by atoms with Crippen LogP contribution < -0.4 is 0 Å². The highest BCUT2D eigenvalue weighted by Gasteiger charge is 2.36. The summed E-state index contributed by atoms with van der Waals surface area (Å²) in [4.78, 5) is 28.6. The second-order valence-corrected chi connectivity index (χ2v) is 12.3. The number of rotatable bonds is 5. The van der Waals surface area contributed by atoms with Crippen LogP contribution in [0.15, 0.2) is 33.6 Å². The molecule has 180 valence electrons. The number of likely N-dealkylation sites (N-methyl/N-ethyl adjacent to an activating group) is 1. The fraction of sp³-hybridized carbons (Fsp3) is 0.571. The molecule has 1 unspecified atom stereocenters. The fourth-order valence-corrected chi connectivity index (χ4v) is 7.59. The molecule has 1 aromatic rings. The Kier molecular flexibility index (Phi) is 6.50. The molecule has 0 saturated carbocycles. The number of benzene rings is 1. The van der Waals surface area contributed by atoms with Crippen molar-refractivity contribution in [2.24, 2.45) is 10.3 Å². The van der Waals surface area contributed by atoms with Crippen molar-refractivity contribution >= 4 is 37.6 Å². The summed E-state index contributed by atoms with van der Waals surface area (Å²) in [5.74, 6) is -0.854. The minimum atomic E-state index is -3.70. The maximum Gasteiger partial charge on any atom is 0.309 e. The molecule has 1 amide bonds. The van der Waals surface area contributed by atoms with Crippen LogP contribution in [0.2, 0.25) is 0 Å². The molecule has 0 aliphatic carbocycles. The fourth-order valence-electron chi connectivity index (χ4n) is 4.64. The Morgan fingerprint density at radius 1 is 1.12 bits per heavy atom. The summed E-state index contributed by atoms with van der Waals surface area (Å²) in [6.07, 6.45) is 1.30. The van der Waals surface area contributed by atoms with Gasteiger partial charge in [0.15, 0.2) is 22.3 Å². The van der Waals surface area contributed by atoms with E-state index < -0.39 is 44.3 Å². The highest BCUT2D eigenvalue weighted by Crippen LogP contribution is 2.30. The number of sulfone groups is 1. The van der Waals surface area contributed by atoms with Gasteiger partial charge < -0.3 is 14.5 Å². The van der Waals surface area contributed by atoms with Gasteiger partial charge in [0.1, 0.15) is 4.90 Å². The van der Waals surface area contributed by atoms with Crippen molar-refractivity contribution in [2.75, 3.05) is 37.7 Å². The number of amidine groups is 1. The highest BCUT2D eigenvalue weighted by molar-refractivity contribution is 7.91. The van der Waals surface area contributed by atoms with Gasteiger partial charge in [-0.05, 0) is 38.3 Å². The predicted molar refractivity (Wildman–Crippen MR) is 120 cm³/mol. The number of hydrogen-bond acceptors (Lipinski definition) is 8. The highest BCUT2D eigenvalue weighted by atomic mass is 32.2. The summed E-state index contributed by atoms with van der Waals surface area (Å²) in [5, 5.41) is 0. The molecule has 3 aliphatic heterocycles. The number of nitrogens with zero attached hydrogens (tertiary/aromatic N) is 3. The number of esters is 1. The van der Waals surface area contributed by atoms with Crippen LogP contribution >= 0.6 is 0 Å². The van der Waals surface area contributed by atoms with E-state index in [0.717, 1.165) is 0 Å². The molecular weight excluding hydrogens is 470 g/mol. The Labute approximate surface area is 193 Å². The molecule has 0 spiro atoms. The average molecular weight is 498 g/mol. The van der Waals surface area contributed by atoms with Gasteiger partial charge in [-0.25, -0.2) is 8.42 Å². The molecule has 3 heterocycles. The molecule has 0 N–H and O–H groups in total. The third-order valence-corrected chi connectivity index (χ3v) is 9.46. The van der Waals surface area contributed by atoms with E-state index in [0.29, 0.717) is 50.3 Å². The van der Waals surface area contributed by atoms with Crippen LogP contribution in [0.1, 0.15) is 31.7 Å². The number of piperidine rings is 1. The van der Waals surface area contributed by atoms with E-state index in [2.05, 4.69) is 4.40 Å². The number of sulfonamides is 1. The molecule has 2 fully saturated rings. The standard InChI is InChI=1S/C21H27N3O7S2/c1-2-24(16-9-12-32(27,28)14-16)19(25)13-31-21(26)15-7-10-23(11-8-15)20-17-5-3-4-6-18(17)33(29,30)22-20/h3-6,15-16H,2,7-14H2,1H3. The Balaban J connectivity index is 1.30. The molecule has 3 aliphatic rings. The normalized spacial score (nSPS) is 23.6. The topological polar surface area (TPSA) is 130 Å². The minimum Gasteiger partial charge on any atom is -0.455 e. The molecule has 10 nitrogen and oxygen atoms in total. The zero-order valence-corrected chi connectivity index (χ0v) is 20.0. The third-order valence-electron chi connectivity index (χ3n) is 6.39. The van der Waals surface area contributed by atoms with E-state index in [1.807, 2.05) is 4.90 Å². The third kappa shape index (κ3) is 4.91. The first-order valence-corrected chi connectivity index (χ1v) is 14.2. The summed E-state index contributed by atoms with van der Waals surface area (Å²) in [7, 11) is -6.83. The van der Waals surface area contributed by atoms with Crippen LogP contribution in [0.5, 0.6) is 0 Å². The SMILES string of the molecule is CCN(C(=O)COC(=O)C1CCN(C2=NS(=O)(=O)c3ccccc32)CC1)C1CCS(=O)(=O)C1. The smallest absolute Gasteiger partial charge is 0.309 e. The van der Waals surface area contributed by atoms with Crippen LogP contribution in [0.3, 0.4) is 0 Å². The van der Waals surface area contributed by atoms with Crippen molar-refractivity contribution in [3.05, 3.63) is 29.8 Å². The lowest BCUT2D eigenvalue weighted by molar-refractivity contribution is -0.157. The summed E-state index contributed by atoms with van der Waals surface area (Å²) in [6.45, 7) is 2.59. The number of fused-ring (bicyclic) bond motifs is 1. The van der Waals surface area contributed by atoms with E-state index in [9.17, 15) is 26.4 Å². The Hall–Kier alpha value is -2.47. The average Bonchev–Trinajstić information content (AvgIpc) is 3.28. The predicted octanol–water partition coefficient (Wildman–Crippen LogP) is 0.426. The summed E-state index contributed by atoms with van der Waals surface area (Å²) < 4.78 is 57.2. The van der Waals surface area contributed by atoms with Gasteiger partial charge in [-0.3, -0.25) is 9.59 Å². The second kappa shape index (κ2) is 9.05. The summed E-state index contributed by atoms with van der Waals surface area (Å²) in [6, 6.07) is 6.30. The van der Waals surface area contributed by atoms with E-state index in [4.69, 9.17) is 4.74 Å². The lowest BCUT2D eigenvalue weighted by Gasteiger charge is -2.32. The quantitative estimate of drug-likeness (QED) is 0.535. The minimum absolute atomic E-state index is 0.0538. The lowest BCUT2D eigenvalue weighted by atomic mass is 9.96. The van der Waals surface area contributed by atoms with Crippen LogP contribution in [0.25, 0.3) is 0 Å². The molecule has 33 heavy (non-hydrogen) atoms. The van der Waals surface area contributed by atoms with Gasteiger partial charge in [-0.1, -0.05) is 12.1 Å². The molecule has 0 aromatic heterocycles. The molecule has 1 aromatic carbocycles. The number of amides is 1. The van der Waals surface area contributed by atoms with Crippen molar-refractivity contribution in [2.45, 2.75) is 37.1 Å². The van der Waals surface area contributed by atoms with Gasteiger partial charge in [0.25, 0.3) is 15.9 Å². The molecule has 0 bridgehead atoms. The number of carbonyl (C=O) groups excluding carboxylic acids is 2. The van der Waals surface area contributed by atoms with E-state index in [1.165, 1.54) is 11.0 Å². The van der Waals surface area contributed by atoms with Gasteiger partial charge in [0.2, 0.25) is 0 Å². The van der Waals surface area contributed by atoms with Crippen LogP contribution in [0, 0.1) is 5.92 Å². The van der Waals surface area contributed by atoms with Crippen molar-refractivity contribution in [1.29, 1.82) is 0 Å². The Bertz CT molecular complexity index is 1190. The zero-order valence-electron chi connectivity index (χ0n) is 18.3. The maximum atomic E-state index is 12.5. The molecule has 2 saturated heterocycles. The Morgan fingerprint density at radius 2 is 1.82 bits per heavy atom. The van der Waals surface area contributed by atoms with E-state index in [-0.39, 0.29) is 22.4 Å². The first-order chi connectivity index (χ1) is 15.6. The van der Waals surface area contributed by atoms with Gasteiger partial charge in [-0.2, -0.15) is 8.42 Å².